The van der Waals surface area contributed by atoms with Crippen molar-refractivity contribution in [2.24, 2.45) is 0 Å². The minimum atomic E-state index is -4.36. The zero-order valence-corrected chi connectivity index (χ0v) is 12.3. The van der Waals surface area contributed by atoms with Gasteiger partial charge in [-0.3, -0.25) is 0 Å². The van der Waals surface area contributed by atoms with Crippen LogP contribution in [0.5, 0.6) is 0 Å². The highest BCUT2D eigenvalue weighted by molar-refractivity contribution is 9.10. The molecule has 0 saturated carbocycles. The predicted octanol–water partition coefficient (Wildman–Crippen LogP) is 5.39. The van der Waals surface area contributed by atoms with Crippen molar-refractivity contribution in [3.8, 4) is 0 Å². The van der Waals surface area contributed by atoms with Crippen LogP contribution in [0.25, 0.3) is 0 Å². The van der Waals surface area contributed by atoms with Gasteiger partial charge in [0.2, 0.25) is 0 Å². The maximum absolute atomic E-state index is 12.8. The van der Waals surface area contributed by atoms with Crippen molar-refractivity contribution in [3.63, 3.8) is 0 Å². The van der Waals surface area contributed by atoms with E-state index in [2.05, 4.69) is 21.2 Å². The van der Waals surface area contributed by atoms with Gasteiger partial charge in [-0.25, -0.2) is 0 Å². The summed E-state index contributed by atoms with van der Waals surface area (Å²) in [6.07, 6.45) is -4.36. The SMILES string of the molecule is Cc1ccc(CNc2ccc(Br)c(C(F)(F)F)c2)cc1. The number of hydrogen-bond acceptors (Lipinski definition) is 1. The molecule has 1 N–H and O–H groups in total. The van der Waals surface area contributed by atoms with Gasteiger partial charge in [-0.05, 0) is 30.7 Å². The van der Waals surface area contributed by atoms with Gasteiger partial charge >= 0.3 is 6.18 Å². The lowest BCUT2D eigenvalue weighted by Crippen LogP contribution is -2.07. The Labute approximate surface area is 123 Å². The van der Waals surface area contributed by atoms with Crippen LogP contribution in [0, 0.1) is 6.92 Å². The first kappa shape index (κ1) is 14.9. The summed E-state index contributed by atoms with van der Waals surface area (Å²) in [5.74, 6) is 0. The largest absolute Gasteiger partial charge is 0.417 e. The highest BCUT2D eigenvalue weighted by Gasteiger charge is 2.33. The van der Waals surface area contributed by atoms with Gasteiger partial charge < -0.3 is 5.32 Å². The normalized spacial score (nSPS) is 11.4. The second kappa shape index (κ2) is 5.87. The number of aryl methyl sites for hydroxylation is 1. The van der Waals surface area contributed by atoms with Crippen molar-refractivity contribution in [1.29, 1.82) is 0 Å². The number of nitrogens with one attached hydrogen (secondary N) is 1. The molecule has 0 radical (unpaired) electrons. The van der Waals surface area contributed by atoms with E-state index in [0.29, 0.717) is 12.2 Å². The number of halogens is 4. The average Bonchev–Trinajstić information content (AvgIpc) is 2.38. The first-order chi connectivity index (χ1) is 9.36. The van der Waals surface area contributed by atoms with E-state index in [1.54, 1.807) is 6.07 Å². The lowest BCUT2D eigenvalue weighted by molar-refractivity contribution is -0.138. The molecule has 0 fully saturated rings. The molecule has 0 spiro atoms. The molecule has 0 amide bonds. The Morgan fingerprint density at radius 2 is 1.70 bits per heavy atom. The standard InChI is InChI=1S/C15H13BrF3N/c1-10-2-4-11(5-3-10)9-20-12-6-7-14(16)13(8-12)15(17,18)19/h2-8,20H,9H2,1H3. The third-order valence-corrected chi connectivity index (χ3v) is 3.58. The molecule has 0 aliphatic carbocycles. The summed E-state index contributed by atoms with van der Waals surface area (Å²) >= 11 is 2.92. The third-order valence-electron chi connectivity index (χ3n) is 2.89. The molecular formula is C15H13BrF3N. The highest BCUT2D eigenvalue weighted by Crippen LogP contribution is 2.36. The lowest BCUT2D eigenvalue weighted by Gasteiger charge is -2.12. The van der Waals surface area contributed by atoms with Gasteiger partial charge in [-0.2, -0.15) is 13.2 Å². The minimum Gasteiger partial charge on any atom is -0.381 e. The Kier molecular flexibility index (Phi) is 4.38. The lowest BCUT2D eigenvalue weighted by atomic mass is 10.1. The van der Waals surface area contributed by atoms with Gasteiger partial charge in [-0.15, -0.1) is 0 Å². The van der Waals surface area contributed by atoms with Crippen LogP contribution in [0.15, 0.2) is 46.9 Å². The average molecular weight is 344 g/mol. The van der Waals surface area contributed by atoms with E-state index in [0.717, 1.165) is 17.2 Å². The van der Waals surface area contributed by atoms with Crippen LogP contribution >= 0.6 is 15.9 Å². The first-order valence-electron chi connectivity index (χ1n) is 6.02. The summed E-state index contributed by atoms with van der Waals surface area (Å²) in [4.78, 5) is 0. The summed E-state index contributed by atoms with van der Waals surface area (Å²) in [6.45, 7) is 2.47. The molecular weight excluding hydrogens is 331 g/mol. The number of benzene rings is 2. The van der Waals surface area contributed by atoms with E-state index < -0.39 is 11.7 Å². The second-order valence-electron chi connectivity index (χ2n) is 4.53. The van der Waals surface area contributed by atoms with Gasteiger partial charge in [0.1, 0.15) is 0 Å². The molecule has 0 heterocycles. The Hall–Kier alpha value is -1.49. The van der Waals surface area contributed by atoms with Crippen molar-refractivity contribution in [1.82, 2.24) is 0 Å². The molecule has 0 aromatic heterocycles. The number of rotatable bonds is 3. The van der Waals surface area contributed by atoms with Crippen LogP contribution in [0.1, 0.15) is 16.7 Å². The molecule has 20 heavy (non-hydrogen) atoms. The van der Waals surface area contributed by atoms with Crippen LogP contribution in [-0.4, -0.2) is 0 Å². The van der Waals surface area contributed by atoms with Gasteiger partial charge in [0.15, 0.2) is 0 Å². The molecule has 2 rings (SSSR count). The van der Waals surface area contributed by atoms with E-state index in [-0.39, 0.29) is 4.47 Å². The van der Waals surface area contributed by atoms with Crippen molar-refractivity contribution < 1.29 is 13.2 Å². The fourth-order valence-corrected chi connectivity index (χ4v) is 2.23. The Balaban J connectivity index is 2.12. The van der Waals surface area contributed by atoms with Gasteiger partial charge in [0.25, 0.3) is 0 Å². The highest BCUT2D eigenvalue weighted by atomic mass is 79.9. The molecule has 2 aromatic carbocycles. The van der Waals surface area contributed by atoms with Crippen molar-refractivity contribution >= 4 is 21.6 Å². The van der Waals surface area contributed by atoms with E-state index >= 15 is 0 Å². The van der Waals surface area contributed by atoms with Gasteiger partial charge in [0.05, 0.1) is 5.56 Å². The monoisotopic (exact) mass is 343 g/mol. The number of anilines is 1. The molecule has 1 nitrogen and oxygen atoms in total. The van der Waals surface area contributed by atoms with Crippen LogP contribution in [0.3, 0.4) is 0 Å². The summed E-state index contributed by atoms with van der Waals surface area (Å²) in [5.41, 5.74) is 1.94. The molecule has 0 unspecified atom stereocenters. The summed E-state index contributed by atoms with van der Waals surface area (Å²) in [7, 11) is 0. The van der Waals surface area contributed by atoms with E-state index in [1.165, 1.54) is 6.07 Å². The predicted molar refractivity (Wildman–Crippen MR) is 77.6 cm³/mol. The zero-order valence-electron chi connectivity index (χ0n) is 10.8. The van der Waals surface area contributed by atoms with E-state index in [4.69, 9.17) is 0 Å². The summed E-state index contributed by atoms with van der Waals surface area (Å²) in [6, 6.07) is 12.0. The van der Waals surface area contributed by atoms with Crippen LogP contribution in [-0.2, 0) is 12.7 Å². The third kappa shape index (κ3) is 3.76. The quantitative estimate of drug-likeness (QED) is 0.787. The van der Waals surface area contributed by atoms with Crippen molar-refractivity contribution in [2.45, 2.75) is 19.6 Å². The molecule has 5 heteroatoms. The molecule has 0 bridgehead atoms. The van der Waals surface area contributed by atoms with Gasteiger partial charge in [0, 0.05) is 16.7 Å². The van der Waals surface area contributed by atoms with Crippen molar-refractivity contribution in [3.05, 3.63) is 63.6 Å². The molecule has 106 valence electrons. The van der Waals surface area contributed by atoms with Crippen LogP contribution in [0.4, 0.5) is 18.9 Å². The maximum atomic E-state index is 12.8. The number of hydrogen-bond donors (Lipinski definition) is 1. The molecule has 0 atom stereocenters. The smallest absolute Gasteiger partial charge is 0.381 e. The zero-order chi connectivity index (χ0) is 14.8. The van der Waals surface area contributed by atoms with E-state index in [1.807, 2.05) is 31.2 Å². The molecule has 0 saturated heterocycles. The van der Waals surface area contributed by atoms with E-state index in [9.17, 15) is 13.2 Å². The topological polar surface area (TPSA) is 12.0 Å². The fraction of sp³-hybridized carbons (Fsp3) is 0.200. The Bertz CT molecular complexity index is 591. The van der Waals surface area contributed by atoms with Crippen LogP contribution < -0.4 is 5.32 Å². The summed E-state index contributed by atoms with van der Waals surface area (Å²) in [5, 5.41) is 3.00. The molecule has 2 aromatic rings. The minimum absolute atomic E-state index is 0.0471. The first-order valence-corrected chi connectivity index (χ1v) is 6.82. The van der Waals surface area contributed by atoms with Crippen molar-refractivity contribution in [2.75, 3.05) is 5.32 Å². The Morgan fingerprint density at radius 3 is 2.30 bits per heavy atom. The second-order valence-corrected chi connectivity index (χ2v) is 5.39. The van der Waals surface area contributed by atoms with Gasteiger partial charge in [-0.1, -0.05) is 45.8 Å². The number of alkyl halides is 3. The summed E-state index contributed by atoms with van der Waals surface area (Å²) < 4.78 is 38.4. The molecule has 0 aliphatic rings. The fourth-order valence-electron chi connectivity index (χ4n) is 1.76. The Morgan fingerprint density at radius 1 is 1.05 bits per heavy atom. The van der Waals surface area contributed by atoms with Crippen LogP contribution in [0.2, 0.25) is 0 Å². The molecule has 0 aliphatic heterocycles. The maximum Gasteiger partial charge on any atom is 0.417 e.